The minimum atomic E-state index is -0.568. The van der Waals surface area contributed by atoms with Gasteiger partial charge in [-0.05, 0) is 49.2 Å². The molecule has 0 bridgehead atoms. The molecule has 1 heterocycles. The number of para-hydroxylation sites is 1. The maximum absolute atomic E-state index is 12.7. The van der Waals surface area contributed by atoms with Gasteiger partial charge in [0.25, 0.3) is 5.91 Å². The smallest absolute Gasteiger partial charge is 0.362 e. The minimum Gasteiger partial charge on any atom is -0.497 e. The van der Waals surface area contributed by atoms with Crippen molar-refractivity contribution in [2.24, 2.45) is 0 Å². The van der Waals surface area contributed by atoms with Crippen molar-refractivity contribution < 1.29 is 13.9 Å². The van der Waals surface area contributed by atoms with Crippen LogP contribution in [0.2, 0.25) is 0 Å². The lowest BCUT2D eigenvalue weighted by Crippen LogP contribution is -2.23. The number of amides is 1. The Labute approximate surface area is 162 Å². The van der Waals surface area contributed by atoms with E-state index < -0.39 is 5.63 Å². The largest absolute Gasteiger partial charge is 0.497 e. The Morgan fingerprint density at radius 1 is 1.04 bits per heavy atom. The van der Waals surface area contributed by atoms with E-state index in [0.29, 0.717) is 22.6 Å². The molecule has 1 aliphatic rings. The molecule has 2 aromatic carbocycles. The van der Waals surface area contributed by atoms with E-state index in [1.807, 2.05) is 18.2 Å². The van der Waals surface area contributed by atoms with Crippen LogP contribution in [-0.4, -0.2) is 19.1 Å². The molecule has 1 amide bonds. The summed E-state index contributed by atoms with van der Waals surface area (Å²) in [6.45, 7) is 0. The summed E-state index contributed by atoms with van der Waals surface area (Å²) in [5.41, 5.74) is 1.13. The van der Waals surface area contributed by atoms with Crippen molar-refractivity contribution in [3.63, 3.8) is 0 Å². The van der Waals surface area contributed by atoms with Gasteiger partial charge >= 0.3 is 5.63 Å². The van der Waals surface area contributed by atoms with E-state index in [4.69, 9.17) is 9.15 Å². The van der Waals surface area contributed by atoms with Crippen LogP contribution < -0.4 is 21.0 Å². The first-order valence-corrected chi connectivity index (χ1v) is 9.43. The van der Waals surface area contributed by atoms with E-state index in [9.17, 15) is 9.59 Å². The Hall–Kier alpha value is -3.28. The molecule has 0 radical (unpaired) electrons. The SMILES string of the molecule is COc1ccc(C(=O)Nc2c(NC3CCCC3)c3ccccc3oc2=O)cc1. The Kier molecular flexibility index (Phi) is 5.02. The van der Waals surface area contributed by atoms with Gasteiger partial charge in [0.05, 0.1) is 12.8 Å². The molecule has 1 saturated carbocycles. The second kappa shape index (κ2) is 7.76. The maximum Gasteiger partial charge on any atom is 0.362 e. The van der Waals surface area contributed by atoms with Crippen LogP contribution >= 0.6 is 0 Å². The molecule has 0 aliphatic heterocycles. The fraction of sp³-hybridized carbons (Fsp3) is 0.273. The molecule has 6 heteroatoms. The number of carbonyl (C=O) groups is 1. The van der Waals surface area contributed by atoms with Crippen LogP contribution in [0, 0.1) is 0 Å². The second-order valence-electron chi connectivity index (χ2n) is 6.94. The Balaban J connectivity index is 1.72. The van der Waals surface area contributed by atoms with Gasteiger partial charge in [0.2, 0.25) is 0 Å². The number of fused-ring (bicyclic) bond motifs is 1. The highest BCUT2D eigenvalue weighted by molar-refractivity contribution is 6.08. The number of hydrogen-bond acceptors (Lipinski definition) is 5. The zero-order valence-electron chi connectivity index (χ0n) is 15.7. The number of nitrogens with one attached hydrogen (secondary N) is 2. The Morgan fingerprint density at radius 3 is 2.46 bits per heavy atom. The van der Waals surface area contributed by atoms with Crippen molar-refractivity contribution in [2.45, 2.75) is 31.7 Å². The molecule has 1 aromatic heterocycles. The minimum absolute atomic E-state index is 0.145. The average molecular weight is 378 g/mol. The lowest BCUT2D eigenvalue weighted by molar-refractivity contribution is 0.102. The third-order valence-corrected chi connectivity index (χ3v) is 5.11. The standard InChI is InChI=1S/C22H22N2O4/c1-27-16-12-10-14(11-13-16)21(25)24-20-19(23-15-6-2-3-7-15)17-8-4-5-9-18(17)28-22(20)26/h4-5,8-13,15,23H,2-3,6-7H2,1H3,(H,24,25). The highest BCUT2D eigenvalue weighted by Crippen LogP contribution is 2.32. The van der Waals surface area contributed by atoms with Crippen LogP contribution in [-0.2, 0) is 0 Å². The van der Waals surface area contributed by atoms with E-state index in [0.717, 1.165) is 31.1 Å². The lowest BCUT2D eigenvalue weighted by Gasteiger charge is -2.18. The van der Waals surface area contributed by atoms with E-state index in [2.05, 4.69) is 10.6 Å². The van der Waals surface area contributed by atoms with Crippen LogP contribution in [0.4, 0.5) is 11.4 Å². The van der Waals surface area contributed by atoms with Gasteiger partial charge < -0.3 is 19.8 Å². The normalized spacial score (nSPS) is 14.2. The van der Waals surface area contributed by atoms with Crippen LogP contribution in [0.3, 0.4) is 0 Å². The molecule has 0 atom stereocenters. The molecule has 0 spiro atoms. The van der Waals surface area contributed by atoms with Crippen molar-refractivity contribution in [3.05, 3.63) is 64.5 Å². The first kappa shape index (κ1) is 18.1. The molecule has 0 unspecified atom stereocenters. The van der Waals surface area contributed by atoms with Crippen molar-refractivity contribution in [2.75, 3.05) is 17.7 Å². The van der Waals surface area contributed by atoms with Crippen molar-refractivity contribution >= 4 is 28.3 Å². The third-order valence-electron chi connectivity index (χ3n) is 5.11. The summed E-state index contributed by atoms with van der Waals surface area (Å²) in [6.07, 6.45) is 4.40. The molecule has 28 heavy (non-hydrogen) atoms. The van der Waals surface area contributed by atoms with E-state index >= 15 is 0 Å². The first-order valence-electron chi connectivity index (χ1n) is 9.43. The van der Waals surface area contributed by atoms with Gasteiger partial charge in [0.1, 0.15) is 11.3 Å². The van der Waals surface area contributed by atoms with Gasteiger partial charge in [-0.1, -0.05) is 25.0 Å². The van der Waals surface area contributed by atoms with E-state index in [1.165, 1.54) is 0 Å². The molecular weight excluding hydrogens is 356 g/mol. The van der Waals surface area contributed by atoms with Gasteiger partial charge in [-0.2, -0.15) is 0 Å². The van der Waals surface area contributed by atoms with Crippen LogP contribution in [0.1, 0.15) is 36.0 Å². The molecule has 144 valence electrons. The number of hydrogen-bond donors (Lipinski definition) is 2. The number of anilines is 2. The molecule has 0 saturated heterocycles. The summed E-state index contributed by atoms with van der Waals surface area (Å²) in [6, 6.07) is 14.3. The predicted octanol–water partition coefficient (Wildman–Crippen LogP) is 4.41. The fourth-order valence-electron chi connectivity index (χ4n) is 3.62. The summed E-state index contributed by atoms with van der Waals surface area (Å²) in [7, 11) is 1.57. The maximum atomic E-state index is 12.7. The summed E-state index contributed by atoms with van der Waals surface area (Å²) in [5, 5.41) is 7.00. The van der Waals surface area contributed by atoms with Gasteiger partial charge in [-0.15, -0.1) is 0 Å². The summed E-state index contributed by atoms with van der Waals surface area (Å²) in [5.74, 6) is 0.282. The summed E-state index contributed by atoms with van der Waals surface area (Å²) >= 11 is 0. The van der Waals surface area contributed by atoms with Crippen LogP contribution in [0.5, 0.6) is 5.75 Å². The first-order chi connectivity index (χ1) is 13.7. The monoisotopic (exact) mass is 378 g/mol. The van der Waals surface area contributed by atoms with Gasteiger partial charge in [0, 0.05) is 17.0 Å². The number of rotatable bonds is 5. The topological polar surface area (TPSA) is 80.6 Å². The highest BCUT2D eigenvalue weighted by atomic mass is 16.5. The van der Waals surface area contributed by atoms with Crippen molar-refractivity contribution in [1.29, 1.82) is 0 Å². The molecule has 4 rings (SSSR count). The Morgan fingerprint density at radius 2 is 1.75 bits per heavy atom. The summed E-state index contributed by atoms with van der Waals surface area (Å²) in [4.78, 5) is 25.4. The van der Waals surface area contributed by atoms with Gasteiger partial charge in [0.15, 0.2) is 5.69 Å². The van der Waals surface area contributed by atoms with Gasteiger partial charge in [-0.25, -0.2) is 4.79 Å². The molecule has 3 aromatic rings. The highest BCUT2D eigenvalue weighted by Gasteiger charge is 2.22. The molecule has 6 nitrogen and oxygen atoms in total. The van der Waals surface area contributed by atoms with Crippen LogP contribution in [0.25, 0.3) is 11.0 Å². The third kappa shape index (κ3) is 3.58. The lowest BCUT2D eigenvalue weighted by atomic mass is 10.1. The molecular formula is C22H22N2O4. The van der Waals surface area contributed by atoms with E-state index in [1.54, 1.807) is 37.4 Å². The quantitative estimate of drug-likeness (QED) is 0.643. The molecule has 1 fully saturated rings. The second-order valence-corrected chi connectivity index (χ2v) is 6.94. The van der Waals surface area contributed by atoms with E-state index in [-0.39, 0.29) is 17.6 Å². The van der Waals surface area contributed by atoms with Crippen LogP contribution in [0.15, 0.2) is 57.7 Å². The number of benzene rings is 2. The predicted molar refractivity (Wildman–Crippen MR) is 109 cm³/mol. The number of methoxy groups -OCH3 is 1. The zero-order valence-corrected chi connectivity index (χ0v) is 15.7. The summed E-state index contributed by atoms with van der Waals surface area (Å²) < 4.78 is 10.6. The molecule has 2 N–H and O–H groups in total. The van der Waals surface area contributed by atoms with Gasteiger partial charge in [-0.3, -0.25) is 4.79 Å². The Bertz CT molecular complexity index is 1050. The molecule has 1 aliphatic carbocycles. The number of ether oxygens (including phenoxy) is 1. The fourth-order valence-corrected chi connectivity index (χ4v) is 3.62. The average Bonchev–Trinajstić information content (AvgIpc) is 3.23. The van der Waals surface area contributed by atoms with Crippen molar-refractivity contribution in [3.8, 4) is 5.75 Å². The van der Waals surface area contributed by atoms with Crippen molar-refractivity contribution in [1.82, 2.24) is 0 Å². The zero-order chi connectivity index (χ0) is 19.5. The number of carbonyl (C=O) groups excluding carboxylic acids is 1.